The van der Waals surface area contributed by atoms with Gasteiger partial charge < -0.3 is 15.4 Å². The van der Waals surface area contributed by atoms with Crippen LogP contribution in [-0.2, 0) is 11.3 Å². The number of nitrogens with one attached hydrogen (secondary N) is 2. The van der Waals surface area contributed by atoms with E-state index in [0.717, 1.165) is 17.9 Å². The van der Waals surface area contributed by atoms with Crippen molar-refractivity contribution in [3.05, 3.63) is 28.8 Å². The second kappa shape index (κ2) is 8.77. The number of carbonyl (C=O) groups is 1. The second-order valence-corrected chi connectivity index (χ2v) is 4.46. The van der Waals surface area contributed by atoms with Crippen molar-refractivity contribution in [3.8, 4) is 5.75 Å². The molecule has 0 spiro atoms. The normalized spacial score (nSPS) is 10.3. The summed E-state index contributed by atoms with van der Waals surface area (Å²) in [5.74, 6) is 0.732. The summed E-state index contributed by atoms with van der Waals surface area (Å²) in [6.07, 6.45) is 0.348. The Morgan fingerprint density at radius 1 is 1.32 bits per heavy atom. The van der Waals surface area contributed by atoms with Crippen LogP contribution in [0.3, 0.4) is 0 Å². The van der Waals surface area contributed by atoms with Gasteiger partial charge in [-0.05, 0) is 25.6 Å². The lowest BCUT2D eigenvalue weighted by atomic mass is 10.2. The molecule has 106 valence electrons. The number of benzene rings is 1. The third kappa shape index (κ3) is 5.49. The highest BCUT2D eigenvalue weighted by Crippen LogP contribution is 2.26. The fourth-order valence-electron chi connectivity index (χ4n) is 1.63. The van der Waals surface area contributed by atoms with Crippen LogP contribution >= 0.6 is 11.6 Å². The Balaban J connectivity index is 2.57. The minimum absolute atomic E-state index is 0.00207. The van der Waals surface area contributed by atoms with Gasteiger partial charge in [-0.25, -0.2) is 0 Å². The maximum Gasteiger partial charge on any atom is 0.223 e. The minimum Gasteiger partial charge on any atom is -0.493 e. The molecule has 0 heterocycles. The van der Waals surface area contributed by atoms with Gasteiger partial charge in [0.05, 0.1) is 13.0 Å². The molecule has 0 aromatic heterocycles. The number of carbonyl (C=O) groups excluding carboxylic acids is 1. The molecule has 0 aliphatic rings. The Bertz CT molecular complexity index is 410. The van der Waals surface area contributed by atoms with Gasteiger partial charge in [-0.3, -0.25) is 4.79 Å². The van der Waals surface area contributed by atoms with Gasteiger partial charge in [-0.2, -0.15) is 0 Å². The van der Waals surface area contributed by atoms with Gasteiger partial charge in [0.25, 0.3) is 0 Å². The van der Waals surface area contributed by atoms with Gasteiger partial charge in [-0.15, -0.1) is 0 Å². The van der Waals surface area contributed by atoms with Crippen molar-refractivity contribution >= 4 is 17.5 Å². The van der Waals surface area contributed by atoms with Crippen LogP contribution in [0.4, 0.5) is 0 Å². The number of halogens is 1. The molecule has 0 fully saturated rings. The van der Waals surface area contributed by atoms with Crippen LogP contribution in [0.15, 0.2) is 18.2 Å². The third-order valence-electron chi connectivity index (χ3n) is 2.59. The van der Waals surface area contributed by atoms with Crippen LogP contribution < -0.4 is 15.4 Å². The van der Waals surface area contributed by atoms with E-state index in [0.29, 0.717) is 31.1 Å². The van der Waals surface area contributed by atoms with Crippen molar-refractivity contribution < 1.29 is 9.53 Å². The highest BCUT2D eigenvalue weighted by Gasteiger charge is 2.08. The molecule has 0 atom stereocenters. The van der Waals surface area contributed by atoms with E-state index in [-0.39, 0.29) is 5.91 Å². The third-order valence-corrected chi connectivity index (χ3v) is 2.94. The van der Waals surface area contributed by atoms with Gasteiger partial charge in [-0.1, -0.05) is 24.6 Å². The lowest BCUT2D eigenvalue weighted by Crippen LogP contribution is -2.24. The maximum absolute atomic E-state index is 11.3. The fourth-order valence-corrected chi connectivity index (χ4v) is 1.87. The molecule has 0 radical (unpaired) electrons. The average Bonchev–Trinajstić information content (AvgIpc) is 2.38. The first-order valence-electron chi connectivity index (χ1n) is 6.56. The minimum atomic E-state index is -0.00207. The Hall–Kier alpha value is -1.26. The maximum atomic E-state index is 11.3. The Labute approximate surface area is 119 Å². The smallest absolute Gasteiger partial charge is 0.223 e. The molecule has 19 heavy (non-hydrogen) atoms. The molecule has 5 heteroatoms. The quantitative estimate of drug-likeness (QED) is 0.770. The highest BCUT2D eigenvalue weighted by molar-refractivity contribution is 6.31. The Kier molecular flexibility index (Phi) is 7.30. The zero-order valence-corrected chi connectivity index (χ0v) is 12.2. The van der Waals surface area contributed by atoms with Gasteiger partial charge in [0.1, 0.15) is 5.75 Å². The highest BCUT2D eigenvalue weighted by atomic mass is 35.5. The van der Waals surface area contributed by atoms with Crippen molar-refractivity contribution in [2.75, 3.05) is 19.7 Å². The molecule has 0 unspecified atom stereocenters. The summed E-state index contributed by atoms with van der Waals surface area (Å²) < 4.78 is 5.65. The molecule has 0 bridgehead atoms. The van der Waals surface area contributed by atoms with Gasteiger partial charge in [0, 0.05) is 23.7 Å². The van der Waals surface area contributed by atoms with Crippen LogP contribution in [0.5, 0.6) is 5.75 Å². The second-order valence-electron chi connectivity index (χ2n) is 4.05. The first kappa shape index (κ1) is 15.8. The average molecular weight is 285 g/mol. The van der Waals surface area contributed by atoms with Gasteiger partial charge in [0.15, 0.2) is 0 Å². The number of hydrogen-bond acceptors (Lipinski definition) is 3. The van der Waals surface area contributed by atoms with Crippen LogP contribution in [-0.4, -0.2) is 25.6 Å². The number of hydrogen-bond donors (Lipinski definition) is 2. The van der Waals surface area contributed by atoms with Gasteiger partial charge in [0.2, 0.25) is 5.91 Å². The first-order valence-corrected chi connectivity index (χ1v) is 6.94. The van der Waals surface area contributed by atoms with E-state index in [1.54, 1.807) is 0 Å². The zero-order chi connectivity index (χ0) is 14.1. The van der Waals surface area contributed by atoms with E-state index < -0.39 is 0 Å². The summed E-state index contributed by atoms with van der Waals surface area (Å²) in [6, 6.07) is 5.56. The summed E-state index contributed by atoms with van der Waals surface area (Å²) in [7, 11) is 0. The number of ether oxygens (including phenoxy) is 1. The van der Waals surface area contributed by atoms with Crippen LogP contribution in [0.1, 0.15) is 25.8 Å². The first-order chi connectivity index (χ1) is 9.19. The SMILES string of the molecule is CCNCc1c(Cl)cccc1OCCC(=O)NCC. The lowest BCUT2D eigenvalue weighted by Gasteiger charge is -2.13. The molecule has 0 aliphatic carbocycles. The summed E-state index contributed by atoms with van der Waals surface area (Å²) in [6.45, 7) is 6.44. The van der Waals surface area contributed by atoms with E-state index in [9.17, 15) is 4.79 Å². The molecule has 0 aliphatic heterocycles. The predicted molar refractivity (Wildman–Crippen MR) is 77.6 cm³/mol. The fraction of sp³-hybridized carbons (Fsp3) is 0.500. The van der Waals surface area contributed by atoms with Crippen molar-refractivity contribution in [1.82, 2.24) is 10.6 Å². The number of rotatable bonds is 8. The van der Waals surface area contributed by atoms with Crippen molar-refractivity contribution in [1.29, 1.82) is 0 Å². The topological polar surface area (TPSA) is 50.4 Å². The number of amides is 1. The van der Waals surface area contributed by atoms with Crippen molar-refractivity contribution in [2.24, 2.45) is 0 Å². The zero-order valence-electron chi connectivity index (χ0n) is 11.5. The molecule has 1 amide bonds. The summed E-state index contributed by atoms with van der Waals surface area (Å²) in [5.41, 5.74) is 0.932. The molecule has 4 nitrogen and oxygen atoms in total. The summed E-state index contributed by atoms with van der Waals surface area (Å²) in [4.78, 5) is 11.3. The molecular formula is C14H21ClN2O2. The molecule has 1 rings (SSSR count). The van der Waals surface area contributed by atoms with Crippen molar-refractivity contribution in [2.45, 2.75) is 26.8 Å². The molecule has 2 N–H and O–H groups in total. The summed E-state index contributed by atoms with van der Waals surface area (Å²) in [5, 5.41) is 6.63. The van der Waals surface area contributed by atoms with E-state index in [1.165, 1.54) is 0 Å². The predicted octanol–water partition coefficient (Wildman–Crippen LogP) is 2.35. The van der Waals surface area contributed by atoms with E-state index in [2.05, 4.69) is 10.6 Å². The van der Waals surface area contributed by atoms with Crippen molar-refractivity contribution in [3.63, 3.8) is 0 Å². The van der Waals surface area contributed by atoms with Gasteiger partial charge >= 0.3 is 0 Å². The molecular weight excluding hydrogens is 264 g/mol. The molecule has 0 saturated heterocycles. The lowest BCUT2D eigenvalue weighted by molar-refractivity contribution is -0.121. The largest absolute Gasteiger partial charge is 0.493 e. The molecule has 1 aromatic carbocycles. The molecule has 0 saturated carbocycles. The van der Waals surface area contributed by atoms with E-state index in [1.807, 2.05) is 32.0 Å². The standard InChI is InChI=1S/C14H21ClN2O2/c1-3-16-10-11-12(15)6-5-7-13(11)19-9-8-14(18)17-4-2/h5-7,16H,3-4,8-10H2,1-2H3,(H,17,18). The van der Waals surface area contributed by atoms with Crippen LogP contribution in [0.25, 0.3) is 0 Å². The molecule has 1 aromatic rings. The Morgan fingerprint density at radius 2 is 2.11 bits per heavy atom. The van der Waals surface area contributed by atoms with E-state index >= 15 is 0 Å². The van der Waals surface area contributed by atoms with Crippen LogP contribution in [0.2, 0.25) is 5.02 Å². The van der Waals surface area contributed by atoms with E-state index in [4.69, 9.17) is 16.3 Å². The Morgan fingerprint density at radius 3 is 2.79 bits per heavy atom. The van der Waals surface area contributed by atoms with Crippen LogP contribution in [0, 0.1) is 0 Å². The monoisotopic (exact) mass is 284 g/mol. The summed E-state index contributed by atoms with van der Waals surface area (Å²) >= 11 is 6.16.